The van der Waals surface area contributed by atoms with Gasteiger partial charge in [0.25, 0.3) is 0 Å². The van der Waals surface area contributed by atoms with Gasteiger partial charge in [0.1, 0.15) is 18.3 Å². The van der Waals surface area contributed by atoms with Crippen molar-refractivity contribution in [1.29, 1.82) is 0 Å². The lowest BCUT2D eigenvalue weighted by atomic mass is 10.2. The predicted octanol–water partition coefficient (Wildman–Crippen LogP) is 1.86. The number of anilines is 1. The summed E-state index contributed by atoms with van der Waals surface area (Å²) in [5.41, 5.74) is 1.23. The largest absolute Gasteiger partial charge is 0.324 e. The molecule has 20 heavy (non-hydrogen) atoms. The SMILES string of the molecule is CCNCCC(=O)Nc1cccc(Cl)c1-n1cncn1. The molecule has 0 aliphatic carbocycles. The zero-order valence-electron chi connectivity index (χ0n) is 11.1. The Kier molecular flexibility index (Phi) is 5.09. The van der Waals surface area contributed by atoms with Crippen LogP contribution in [0.4, 0.5) is 5.69 Å². The van der Waals surface area contributed by atoms with Crippen molar-refractivity contribution in [2.45, 2.75) is 13.3 Å². The second-order valence-corrected chi connectivity index (χ2v) is 4.53. The summed E-state index contributed by atoms with van der Waals surface area (Å²) in [7, 11) is 0. The maximum atomic E-state index is 11.9. The summed E-state index contributed by atoms with van der Waals surface area (Å²) in [6.07, 6.45) is 3.35. The highest BCUT2D eigenvalue weighted by molar-refractivity contribution is 6.33. The molecule has 0 radical (unpaired) electrons. The molecule has 0 saturated carbocycles. The summed E-state index contributed by atoms with van der Waals surface area (Å²) in [4.78, 5) is 15.8. The topological polar surface area (TPSA) is 71.8 Å². The monoisotopic (exact) mass is 293 g/mol. The van der Waals surface area contributed by atoms with Crippen LogP contribution in [0, 0.1) is 0 Å². The van der Waals surface area contributed by atoms with Gasteiger partial charge < -0.3 is 10.6 Å². The fourth-order valence-corrected chi connectivity index (χ4v) is 2.03. The smallest absolute Gasteiger partial charge is 0.225 e. The molecule has 0 bridgehead atoms. The quantitative estimate of drug-likeness (QED) is 0.798. The molecule has 2 rings (SSSR count). The third kappa shape index (κ3) is 3.55. The average molecular weight is 294 g/mol. The van der Waals surface area contributed by atoms with E-state index in [0.29, 0.717) is 29.4 Å². The number of nitrogens with zero attached hydrogens (tertiary/aromatic N) is 3. The van der Waals surface area contributed by atoms with Gasteiger partial charge in [-0.2, -0.15) is 5.10 Å². The first-order chi connectivity index (χ1) is 9.72. The Morgan fingerprint density at radius 1 is 1.45 bits per heavy atom. The number of nitrogens with one attached hydrogen (secondary N) is 2. The van der Waals surface area contributed by atoms with Crippen molar-refractivity contribution >= 4 is 23.2 Å². The molecule has 6 nitrogen and oxygen atoms in total. The van der Waals surface area contributed by atoms with Gasteiger partial charge in [0.15, 0.2) is 0 Å². The van der Waals surface area contributed by atoms with Gasteiger partial charge in [0.05, 0.1) is 10.7 Å². The normalized spacial score (nSPS) is 10.5. The number of aromatic nitrogens is 3. The van der Waals surface area contributed by atoms with Crippen LogP contribution in [0.5, 0.6) is 0 Å². The number of benzene rings is 1. The Hall–Kier alpha value is -1.92. The lowest BCUT2D eigenvalue weighted by molar-refractivity contribution is -0.116. The molecule has 1 aromatic heterocycles. The van der Waals surface area contributed by atoms with Crippen molar-refractivity contribution in [3.63, 3.8) is 0 Å². The van der Waals surface area contributed by atoms with E-state index in [1.807, 2.05) is 6.92 Å². The van der Waals surface area contributed by atoms with Crippen LogP contribution >= 0.6 is 11.6 Å². The highest BCUT2D eigenvalue weighted by Crippen LogP contribution is 2.27. The molecule has 0 aliphatic rings. The lowest BCUT2D eigenvalue weighted by Crippen LogP contribution is -2.22. The molecule has 0 aliphatic heterocycles. The minimum atomic E-state index is -0.0745. The minimum absolute atomic E-state index is 0.0745. The van der Waals surface area contributed by atoms with Gasteiger partial charge >= 0.3 is 0 Å². The fraction of sp³-hybridized carbons (Fsp3) is 0.308. The van der Waals surface area contributed by atoms with Crippen molar-refractivity contribution in [2.24, 2.45) is 0 Å². The lowest BCUT2D eigenvalue weighted by Gasteiger charge is -2.12. The molecular weight excluding hydrogens is 278 g/mol. The molecule has 2 N–H and O–H groups in total. The van der Waals surface area contributed by atoms with E-state index in [2.05, 4.69) is 20.7 Å². The average Bonchev–Trinajstić information content (AvgIpc) is 2.93. The van der Waals surface area contributed by atoms with E-state index >= 15 is 0 Å². The molecule has 7 heteroatoms. The van der Waals surface area contributed by atoms with Crippen molar-refractivity contribution < 1.29 is 4.79 Å². The van der Waals surface area contributed by atoms with Crippen LogP contribution in [0.2, 0.25) is 5.02 Å². The zero-order valence-corrected chi connectivity index (χ0v) is 11.9. The molecule has 0 atom stereocenters. The third-order valence-corrected chi connectivity index (χ3v) is 2.99. The Balaban J connectivity index is 2.16. The van der Waals surface area contributed by atoms with Crippen molar-refractivity contribution in [2.75, 3.05) is 18.4 Å². The van der Waals surface area contributed by atoms with Crippen LogP contribution in [-0.2, 0) is 4.79 Å². The Morgan fingerprint density at radius 2 is 2.30 bits per heavy atom. The Bertz CT molecular complexity index is 570. The molecule has 0 fully saturated rings. The van der Waals surface area contributed by atoms with Crippen LogP contribution in [0.15, 0.2) is 30.9 Å². The molecular formula is C13H16ClN5O. The van der Waals surface area contributed by atoms with Crippen molar-refractivity contribution in [1.82, 2.24) is 20.1 Å². The van der Waals surface area contributed by atoms with E-state index in [0.717, 1.165) is 6.54 Å². The van der Waals surface area contributed by atoms with Gasteiger partial charge in [0, 0.05) is 13.0 Å². The van der Waals surface area contributed by atoms with Crippen molar-refractivity contribution in [3.8, 4) is 5.69 Å². The molecule has 0 saturated heterocycles. The number of amides is 1. The number of rotatable bonds is 6. The fourth-order valence-electron chi connectivity index (χ4n) is 1.76. The van der Waals surface area contributed by atoms with Gasteiger partial charge in [0.2, 0.25) is 5.91 Å². The summed E-state index contributed by atoms with van der Waals surface area (Å²) >= 11 is 6.18. The standard InChI is InChI=1S/C13H16ClN5O/c1-2-15-7-6-12(20)18-11-5-3-4-10(14)13(11)19-9-16-8-17-19/h3-5,8-9,15H,2,6-7H2,1H3,(H,18,20). The molecule has 1 heterocycles. The molecule has 0 unspecified atom stereocenters. The van der Waals surface area contributed by atoms with E-state index in [4.69, 9.17) is 11.6 Å². The maximum absolute atomic E-state index is 11.9. The first-order valence-corrected chi connectivity index (χ1v) is 6.74. The summed E-state index contributed by atoms with van der Waals surface area (Å²) in [5, 5.41) is 10.5. The summed E-state index contributed by atoms with van der Waals surface area (Å²) in [6.45, 7) is 3.48. The number of hydrogen-bond donors (Lipinski definition) is 2. The zero-order chi connectivity index (χ0) is 14.4. The van der Waals surface area contributed by atoms with Crippen LogP contribution in [0.3, 0.4) is 0 Å². The molecule has 1 amide bonds. The van der Waals surface area contributed by atoms with E-state index in [1.54, 1.807) is 18.2 Å². The number of hydrogen-bond acceptors (Lipinski definition) is 4. The van der Waals surface area contributed by atoms with Crippen LogP contribution in [0.1, 0.15) is 13.3 Å². The Morgan fingerprint density at radius 3 is 3.00 bits per heavy atom. The summed E-state index contributed by atoms with van der Waals surface area (Å²) in [6, 6.07) is 5.31. The van der Waals surface area contributed by atoms with Gasteiger partial charge in [-0.15, -0.1) is 0 Å². The highest BCUT2D eigenvalue weighted by Gasteiger charge is 2.12. The molecule has 106 valence electrons. The van der Waals surface area contributed by atoms with Crippen LogP contribution in [0.25, 0.3) is 5.69 Å². The second kappa shape index (κ2) is 7.02. The molecule has 2 aromatic rings. The van der Waals surface area contributed by atoms with Crippen LogP contribution < -0.4 is 10.6 Å². The number of para-hydroxylation sites is 1. The van der Waals surface area contributed by atoms with E-state index in [-0.39, 0.29) is 5.91 Å². The first kappa shape index (κ1) is 14.5. The maximum Gasteiger partial charge on any atom is 0.225 e. The van der Waals surface area contributed by atoms with E-state index in [9.17, 15) is 4.79 Å². The predicted molar refractivity (Wildman–Crippen MR) is 78.2 cm³/mol. The third-order valence-electron chi connectivity index (χ3n) is 2.69. The number of carbonyl (C=O) groups excluding carboxylic acids is 1. The number of carbonyl (C=O) groups is 1. The van der Waals surface area contributed by atoms with E-state index < -0.39 is 0 Å². The first-order valence-electron chi connectivity index (χ1n) is 6.36. The van der Waals surface area contributed by atoms with Gasteiger partial charge in [-0.3, -0.25) is 4.79 Å². The van der Waals surface area contributed by atoms with Gasteiger partial charge in [-0.1, -0.05) is 24.6 Å². The molecule has 0 spiro atoms. The minimum Gasteiger partial charge on any atom is -0.324 e. The molecule has 1 aromatic carbocycles. The van der Waals surface area contributed by atoms with Gasteiger partial charge in [-0.25, -0.2) is 9.67 Å². The number of halogens is 1. The van der Waals surface area contributed by atoms with E-state index in [1.165, 1.54) is 17.3 Å². The second-order valence-electron chi connectivity index (χ2n) is 4.13. The summed E-state index contributed by atoms with van der Waals surface area (Å²) < 4.78 is 1.53. The van der Waals surface area contributed by atoms with Crippen LogP contribution in [-0.4, -0.2) is 33.8 Å². The van der Waals surface area contributed by atoms with Crippen molar-refractivity contribution in [3.05, 3.63) is 35.9 Å². The van der Waals surface area contributed by atoms with Gasteiger partial charge in [-0.05, 0) is 18.7 Å². The Labute approximate surface area is 122 Å². The highest BCUT2D eigenvalue weighted by atomic mass is 35.5. The summed E-state index contributed by atoms with van der Waals surface area (Å²) in [5.74, 6) is -0.0745.